The van der Waals surface area contributed by atoms with E-state index in [2.05, 4.69) is 15.9 Å². The average Bonchev–Trinajstić information content (AvgIpc) is 2.42. The van der Waals surface area contributed by atoms with Gasteiger partial charge in [0.15, 0.2) is 0 Å². The van der Waals surface area contributed by atoms with Crippen molar-refractivity contribution in [2.75, 3.05) is 6.61 Å². The molecule has 0 radical (unpaired) electrons. The molecule has 0 aliphatic carbocycles. The van der Waals surface area contributed by atoms with Gasteiger partial charge in [0.25, 0.3) is 0 Å². The molecule has 0 fully saturated rings. The van der Waals surface area contributed by atoms with E-state index in [-0.39, 0.29) is 5.82 Å². The van der Waals surface area contributed by atoms with Gasteiger partial charge < -0.3 is 10.5 Å². The second kappa shape index (κ2) is 6.17. The van der Waals surface area contributed by atoms with E-state index in [1.165, 1.54) is 6.07 Å². The van der Waals surface area contributed by atoms with Gasteiger partial charge in [0, 0.05) is 0 Å². The van der Waals surface area contributed by atoms with Crippen molar-refractivity contribution in [2.24, 2.45) is 5.73 Å². The van der Waals surface area contributed by atoms with Crippen LogP contribution < -0.4 is 10.5 Å². The molecular formula is C15H15BrFNO. The van der Waals surface area contributed by atoms with Crippen molar-refractivity contribution in [1.29, 1.82) is 0 Å². The van der Waals surface area contributed by atoms with Crippen LogP contribution in [0, 0.1) is 5.82 Å². The van der Waals surface area contributed by atoms with Gasteiger partial charge in [0.1, 0.15) is 11.6 Å². The van der Waals surface area contributed by atoms with E-state index < -0.39 is 6.04 Å². The minimum absolute atomic E-state index is 0.311. The molecule has 1 atom stereocenters. The van der Waals surface area contributed by atoms with Crippen LogP contribution in [0.2, 0.25) is 0 Å². The van der Waals surface area contributed by atoms with Crippen molar-refractivity contribution in [3.8, 4) is 5.75 Å². The summed E-state index contributed by atoms with van der Waals surface area (Å²) in [6, 6.07) is 12.0. The predicted molar refractivity (Wildman–Crippen MR) is 77.7 cm³/mol. The molecule has 0 aliphatic heterocycles. The smallest absolute Gasteiger partial charge is 0.137 e. The molecule has 0 amide bonds. The Kier molecular flexibility index (Phi) is 4.56. The molecule has 0 aliphatic rings. The maximum Gasteiger partial charge on any atom is 0.137 e. The SMILES string of the molecule is CCOc1cccc(C(N)c2cccc(F)c2Br)c1. The minimum Gasteiger partial charge on any atom is -0.494 e. The summed E-state index contributed by atoms with van der Waals surface area (Å²) in [4.78, 5) is 0. The second-order valence-corrected chi connectivity index (χ2v) is 4.92. The van der Waals surface area contributed by atoms with E-state index in [4.69, 9.17) is 10.5 Å². The maximum absolute atomic E-state index is 13.5. The number of ether oxygens (including phenoxy) is 1. The lowest BCUT2D eigenvalue weighted by Crippen LogP contribution is -2.13. The minimum atomic E-state index is -0.398. The van der Waals surface area contributed by atoms with Crippen LogP contribution in [-0.2, 0) is 0 Å². The largest absolute Gasteiger partial charge is 0.494 e. The number of nitrogens with two attached hydrogens (primary N) is 1. The lowest BCUT2D eigenvalue weighted by atomic mass is 9.99. The van der Waals surface area contributed by atoms with Crippen LogP contribution in [0.5, 0.6) is 5.75 Å². The highest BCUT2D eigenvalue weighted by molar-refractivity contribution is 9.10. The number of halogens is 2. The molecule has 4 heteroatoms. The molecule has 0 aromatic heterocycles. The Hall–Kier alpha value is -1.39. The zero-order valence-electron chi connectivity index (χ0n) is 10.6. The van der Waals surface area contributed by atoms with Crippen LogP contribution in [0.25, 0.3) is 0 Å². The molecule has 2 nitrogen and oxygen atoms in total. The van der Waals surface area contributed by atoms with Gasteiger partial charge in [-0.15, -0.1) is 0 Å². The van der Waals surface area contributed by atoms with Crippen LogP contribution >= 0.6 is 15.9 Å². The van der Waals surface area contributed by atoms with Gasteiger partial charge in [-0.2, -0.15) is 0 Å². The molecule has 1 unspecified atom stereocenters. The van der Waals surface area contributed by atoms with Gasteiger partial charge in [-0.25, -0.2) is 4.39 Å². The van der Waals surface area contributed by atoms with Crippen molar-refractivity contribution in [3.63, 3.8) is 0 Å². The summed E-state index contributed by atoms with van der Waals surface area (Å²) in [6.07, 6.45) is 0. The molecule has 2 N–H and O–H groups in total. The molecule has 0 saturated heterocycles. The summed E-state index contributed by atoms with van der Waals surface area (Å²) in [7, 11) is 0. The number of rotatable bonds is 4. The Morgan fingerprint density at radius 3 is 2.74 bits per heavy atom. The quantitative estimate of drug-likeness (QED) is 0.921. The number of hydrogen-bond acceptors (Lipinski definition) is 2. The number of hydrogen-bond donors (Lipinski definition) is 1. The summed E-state index contributed by atoms with van der Waals surface area (Å²) in [6.45, 7) is 2.53. The summed E-state index contributed by atoms with van der Waals surface area (Å²) < 4.78 is 19.4. The predicted octanol–water partition coefficient (Wildman–Crippen LogP) is 4.04. The first-order chi connectivity index (χ1) is 9.13. The third-order valence-electron chi connectivity index (χ3n) is 2.84. The zero-order valence-corrected chi connectivity index (χ0v) is 12.2. The van der Waals surface area contributed by atoms with E-state index in [0.29, 0.717) is 16.6 Å². The number of benzene rings is 2. The van der Waals surface area contributed by atoms with E-state index >= 15 is 0 Å². The monoisotopic (exact) mass is 323 g/mol. The molecule has 0 spiro atoms. The maximum atomic E-state index is 13.5. The van der Waals surface area contributed by atoms with Crippen LogP contribution in [0.1, 0.15) is 24.1 Å². The highest BCUT2D eigenvalue weighted by atomic mass is 79.9. The van der Waals surface area contributed by atoms with Crippen molar-refractivity contribution in [3.05, 3.63) is 63.9 Å². The molecular weight excluding hydrogens is 309 g/mol. The summed E-state index contributed by atoms with van der Waals surface area (Å²) in [5.74, 6) is 0.455. The summed E-state index contributed by atoms with van der Waals surface area (Å²) in [5, 5.41) is 0. The third-order valence-corrected chi connectivity index (χ3v) is 3.68. The second-order valence-electron chi connectivity index (χ2n) is 4.13. The fourth-order valence-electron chi connectivity index (χ4n) is 1.90. The lowest BCUT2D eigenvalue weighted by molar-refractivity contribution is 0.340. The zero-order chi connectivity index (χ0) is 13.8. The highest BCUT2D eigenvalue weighted by Crippen LogP contribution is 2.30. The van der Waals surface area contributed by atoms with Gasteiger partial charge >= 0.3 is 0 Å². The summed E-state index contributed by atoms with van der Waals surface area (Å²) in [5.41, 5.74) is 7.80. The van der Waals surface area contributed by atoms with E-state index in [9.17, 15) is 4.39 Å². The first-order valence-electron chi connectivity index (χ1n) is 6.05. The standard InChI is InChI=1S/C15H15BrFNO/c1-2-19-11-6-3-5-10(9-11)15(18)12-7-4-8-13(17)14(12)16/h3-9,15H,2,18H2,1H3. The van der Waals surface area contributed by atoms with Crippen molar-refractivity contribution < 1.29 is 9.13 Å². The molecule has 2 aromatic carbocycles. The molecule has 0 heterocycles. The molecule has 2 aromatic rings. The fourth-order valence-corrected chi connectivity index (χ4v) is 2.42. The first kappa shape index (κ1) is 14.0. The van der Waals surface area contributed by atoms with Gasteiger partial charge in [-0.05, 0) is 52.2 Å². The molecule has 2 rings (SSSR count). The molecule has 0 bridgehead atoms. The Morgan fingerprint density at radius 2 is 2.00 bits per heavy atom. The van der Waals surface area contributed by atoms with Crippen molar-refractivity contribution in [2.45, 2.75) is 13.0 Å². The molecule has 19 heavy (non-hydrogen) atoms. The van der Waals surface area contributed by atoms with Gasteiger partial charge in [0.2, 0.25) is 0 Å². The topological polar surface area (TPSA) is 35.2 Å². The van der Waals surface area contributed by atoms with Crippen LogP contribution in [-0.4, -0.2) is 6.61 Å². The third kappa shape index (κ3) is 3.14. The Balaban J connectivity index is 2.35. The van der Waals surface area contributed by atoms with Crippen LogP contribution in [0.15, 0.2) is 46.9 Å². The molecule has 0 saturated carbocycles. The first-order valence-corrected chi connectivity index (χ1v) is 6.85. The van der Waals surface area contributed by atoms with Gasteiger partial charge in [0.05, 0.1) is 17.1 Å². The van der Waals surface area contributed by atoms with Crippen molar-refractivity contribution in [1.82, 2.24) is 0 Å². The average molecular weight is 324 g/mol. The van der Waals surface area contributed by atoms with Crippen LogP contribution in [0.4, 0.5) is 4.39 Å². The Bertz CT molecular complexity index is 574. The highest BCUT2D eigenvalue weighted by Gasteiger charge is 2.15. The lowest BCUT2D eigenvalue weighted by Gasteiger charge is -2.15. The van der Waals surface area contributed by atoms with E-state index in [1.807, 2.05) is 37.3 Å². The van der Waals surface area contributed by atoms with Gasteiger partial charge in [-0.3, -0.25) is 0 Å². The van der Waals surface area contributed by atoms with Crippen molar-refractivity contribution >= 4 is 15.9 Å². The van der Waals surface area contributed by atoms with E-state index in [1.54, 1.807) is 6.07 Å². The summed E-state index contributed by atoms with van der Waals surface area (Å²) >= 11 is 3.24. The fraction of sp³-hybridized carbons (Fsp3) is 0.200. The normalized spacial score (nSPS) is 12.2. The Morgan fingerprint density at radius 1 is 1.26 bits per heavy atom. The van der Waals surface area contributed by atoms with Gasteiger partial charge in [-0.1, -0.05) is 24.3 Å². The van der Waals surface area contributed by atoms with Crippen LogP contribution in [0.3, 0.4) is 0 Å². The molecule has 100 valence electrons. The van der Waals surface area contributed by atoms with E-state index in [0.717, 1.165) is 11.3 Å². The Labute approximate surface area is 120 Å².